The highest BCUT2D eigenvalue weighted by Gasteiger charge is 2.70. The number of hydrogen-bond donors (Lipinski definition) is 2. The smallest absolute Gasteiger partial charge is 0.326 e. The lowest BCUT2D eigenvalue weighted by Crippen LogP contribution is -2.44. The van der Waals surface area contributed by atoms with E-state index in [1.54, 1.807) is 11.8 Å². The van der Waals surface area contributed by atoms with Gasteiger partial charge in [0, 0.05) is 16.0 Å². The van der Waals surface area contributed by atoms with Crippen molar-refractivity contribution in [2.24, 2.45) is 29.6 Å². The van der Waals surface area contributed by atoms with Gasteiger partial charge in [0.25, 0.3) is 0 Å². The van der Waals surface area contributed by atoms with Crippen molar-refractivity contribution in [1.29, 1.82) is 0 Å². The molecule has 0 radical (unpaired) electrons. The molecular formula is C23H22N2O5S2. The second kappa shape index (κ2) is 6.81. The number of hydrogen-bond acceptors (Lipinski definition) is 6. The Hall–Kier alpha value is -2.39. The lowest BCUT2D eigenvalue weighted by atomic mass is 9.68. The number of carboxylic acids is 1. The predicted molar refractivity (Wildman–Crippen MR) is 119 cm³/mol. The number of amides is 2. The first-order chi connectivity index (χ1) is 15.3. The summed E-state index contributed by atoms with van der Waals surface area (Å²) in [7, 11) is 0. The molecule has 166 valence electrons. The second-order valence-corrected chi connectivity index (χ2v) is 11.6. The van der Waals surface area contributed by atoms with Gasteiger partial charge in [-0.25, -0.2) is 4.79 Å². The molecule has 0 spiro atoms. The number of likely N-dealkylation sites (tertiary alicyclic amines) is 1. The standard InChI is InChI=1S/C23H22N2O5S2/c1-8-3-5-10(6-4-8)13-14-11-7-12(17(14)31-19-18(13)32-23(30)24-19)16-15(11)20(26)25(21(16)27)9(2)22(28)29/h3-6,9,11-17H,7H2,1-2H3,(H,24,30)(H,28,29)/t9-,11-,12+,13+,14-,15+,16+,17-/m1/s1. The first kappa shape index (κ1) is 20.2. The molecule has 2 bridgehead atoms. The topological polar surface area (TPSA) is 108 Å². The first-order valence-corrected chi connectivity index (χ1v) is 12.5. The van der Waals surface area contributed by atoms with Gasteiger partial charge in [-0.3, -0.25) is 19.3 Å². The number of thiazole rings is 1. The molecule has 1 aromatic carbocycles. The molecule has 2 aromatic rings. The number of fused-ring (bicyclic) bond motifs is 9. The van der Waals surface area contributed by atoms with E-state index < -0.39 is 23.8 Å². The SMILES string of the molecule is Cc1ccc([C@@H]2c3sc(=O)[nH]c3S[C@@H]3[C@H]4C[C@@H]([C@@H]5C(=O)N([C@H](C)C(=O)O)C(=O)[C@@H]45)[C@H]23)cc1. The highest BCUT2D eigenvalue weighted by atomic mass is 32.2. The molecular weight excluding hydrogens is 448 g/mol. The number of thioether (sulfide) groups is 1. The number of rotatable bonds is 3. The summed E-state index contributed by atoms with van der Waals surface area (Å²) in [5.41, 5.74) is 2.28. The van der Waals surface area contributed by atoms with E-state index in [1.165, 1.54) is 18.3 Å². The summed E-state index contributed by atoms with van der Waals surface area (Å²) in [6, 6.07) is 7.19. The zero-order valence-corrected chi connectivity index (χ0v) is 19.1. The summed E-state index contributed by atoms with van der Waals surface area (Å²) < 4.78 is 0. The molecule has 0 unspecified atom stereocenters. The number of aryl methyl sites for hydroxylation is 1. The Morgan fingerprint density at radius 3 is 2.44 bits per heavy atom. The van der Waals surface area contributed by atoms with Crippen LogP contribution < -0.4 is 4.87 Å². The van der Waals surface area contributed by atoms with Crippen LogP contribution in [0.5, 0.6) is 0 Å². The average molecular weight is 471 g/mol. The van der Waals surface area contributed by atoms with E-state index >= 15 is 0 Å². The molecule has 3 fully saturated rings. The Morgan fingerprint density at radius 1 is 1.12 bits per heavy atom. The van der Waals surface area contributed by atoms with Gasteiger partial charge in [-0.15, -0.1) is 11.8 Å². The highest BCUT2D eigenvalue weighted by Crippen LogP contribution is 2.68. The minimum Gasteiger partial charge on any atom is -0.480 e. The van der Waals surface area contributed by atoms with Gasteiger partial charge in [0.05, 0.1) is 16.9 Å². The van der Waals surface area contributed by atoms with Crippen LogP contribution in [-0.2, 0) is 14.4 Å². The van der Waals surface area contributed by atoms with Crippen molar-refractivity contribution in [3.8, 4) is 0 Å². The molecule has 2 amide bonds. The van der Waals surface area contributed by atoms with Crippen LogP contribution in [0.1, 0.15) is 35.3 Å². The van der Waals surface area contributed by atoms with Gasteiger partial charge in [0.2, 0.25) is 11.8 Å². The number of H-pyrrole nitrogens is 1. The predicted octanol–water partition coefficient (Wildman–Crippen LogP) is 2.69. The van der Waals surface area contributed by atoms with Gasteiger partial charge in [0.15, 0.2) is 0 Å². The van der Waals surface area contributed by atoms with Gasteiger partial charge in [-0.05, 0) is 43.6 Å². The van der Waals surface area contributed by atoms with E-state index in [9.17, 15) is 24.3 Å². The molecule has 7 nitrogen and oxygen atoms in total. The fourth-order valence-corrected chi connectivity index (χ4v) is 9.57. The molecule has 1 aromatic heterocycles. The molecule has 8 atom stereocenters. The molecule has 9 heteroatoms. The number of imide groups is 1. The summed E-state index contributed by atoms with van der Waals surface area (Å²) in [5, 5.41) is 10.4. The highest BCUT2D eigenvalue weighted by molar-refractivity contribution is 8.00. The van der Waals surface area contributed by atoms with Crippen molar-refractivity contribution in [1.82, 2.24) is 9.88 Å². The number of carbonyl (C=O) groups excluding carboxylic acids is 2. The van der Waals surface area contributed by atoms with Crippen molar-refractivity contribution in [2.75, 3.05) is 0 Å². The maximum absolute atomic E-state index is 13.3. The van der Waals surface area contributed by atoms with E-state index in [0.29, 0.717) is 0 Å². The number of nitrogens with one attached hydrogen (secondary N) is 1. The Labute approximate surface area is 192 Å². The van der Waals surface area contributed by atoms with Crippen LogP contribution in [0.25, 0.3) is 0 Å². The Kier molecular flexibility index (Phi) is 4.30. The third kappa shape index (κ3) is 2.55. The maximum Gasteiger partial charge on any atom is 0.326 e. The lowest BCUT2D eigenvalue weighted by Gasteiger charge is -2.43. The molecule has 6 rings (SSSR count). The number of nitrogens with zero attached hydrogens (tertiary/aromatic N) is 1. The Morgan fingerprint density at radius 2 is 1.78 bits per heavy atom. The van der Waals surface area contributed by atoms with Crippen LogP contribution in [0.2, 0.25) is 0 Å². The van der Waals surface area contributed by atoms with Crippen molar-refractivity contribution in [3.05, 3.63) is 49.9 Å². The normalized spacial score (nSPS) is 35.6. The fourth-order valence-electron chi connectivity index (χ4n) is 6.68. The first-order valence-electron chi connectivity index (χ1n) is 10.8. The number of aromatic nitrogens is 1. The third-order valence-corrected chi connectivity index (χ3v) is 10.5. The van der Waals surface area contributed by atoms with Crippen molar-refractivity contribution in [3.63, 3.8) is 0 Å². The third-order valence-electron chi connectivity index (χ3n) is 7.94. The average Bonchev–Trinajstić information content (AvgIpc) is 3.47. The van der Waals surface area contributed by atoms with E-state index in [2.05, 4.69) is 29.2 Å². The largest absolute Gasteiger partial charge is 0.480 e. The number of aromatic amines is 1. The van der Waals surface area contributed by atoms with E-state index in [4.69, 9.17) is 0 Å². The monoisotopic (exact) mass is 470 g/mol. The van der Waals surface area contributed by atoms with Gasteiger partial charge >= 0.3 is 10.8 Å². The molecule has 2 N–H and O–H groups in total. The number of carboxylic acid groups (broad SMARTS) is 1. The second-order valence-electron chi connectivity index (χ2n) is 9.43. The van der Waals surface area contributed by atoms with Crippen molar-refractivity contribution >= 4 is 40.9 Å². The summed E-state index contributed by atoms with van der Waals surface area (Å²) >= 11 is 2.88. The van der Waals surface area contributed by atoms with Crippen LogP contribution in [-0.4, -0.2) is 44.1 Å². The van der Waals surface area contributed by atoms with Crippen LogP contribution in [0.15, 0.2) is 34.1 Å². The van der Waals surface area contributed by atoms with E-state index in [-0.39, 0.29) is 45.6 Å². The van der Waals surface area contributed by atoms with Gasteiger partial charge < -0.3 is 10.1 Å². The minimum atomic E-state index is -1.16. The van der Waals surface area contributed by atoms with Crippen molar-refractivity contribution < 1.29 is 19.5 Å². The molecule has 2 saturated carbocycles. The van der Waals surface area contributed by atoms with Gasteiger partial charge in [-0.1, -0.05) is 41.2 Å². The van der Waals surface area contributed by atoms with E-state index in [1.807, 2.05) is 6.92 Å². The molecule has 4 aliphatic rings. The molecule has 3 heterocycles. The van der Waals surface area contributed by atoms with Crippen LogP contribution in [0.4, 0.5) is 0 Å². The maximum atomic E-state index is 13.3. The van der Waals surface area contributed by atoms with Crippen molar-refractivity contribution in [2.45, 2.75) is 42.5 Å². The molecule has 2 aliphatic heterocycles. The molecule has 2 aliphatic carbocycles. The van der Waals surface area contributed by atoms with E-state index in [0.717, 1.165) is 32.4 Å². The van der Waals surface area contributed by atoms with Crippen LogP contribution >= 0.6 is 23.1 Å². The summed E-state index contributed by atoms with van der Waals surface area (Å²) in [6.45, 7) is 3.44. The fraction of sp³-hybridized carbons (Fsp3) is 0.478. The summed E-state index contributed by atoms with van der Waals surface area (Å²) in [4.78, 5) is 55.3. The minimum absolute atomic E-state index is 0.00148. The Bertz CT molecular complexity index is 1220. The summed E-state index contributed by atoms with van der Waals surface area (Å²) in [5.74, 6) is -2.61. The van der Waals surface area contributed by atoms with Gasteiger partial charge in [0.1, 0.15) is 6.04 Å². The lowest BCUT2D eigenvalue weighted by molar-refractivity contribution is -0.154. The number of aliphatic carboxylic acids is 1. The zero-order valence-electron chi connectivity index (χ0n) is 17.5. The Balaban J connectivity index is 1.45. The van der Waals surface area contributed by atoms with Gasteiger partial charge in [-0.2, -0.15) is 0 Å². The zero-order chi connectivity index (χ0) is 22.5. The molecule has 1 saturated heterocycles. The van der Waals surface area contributed by atoms with Crippen LogP contribution in [0, 0.1) is 36.5 Å². The number of carbonyl (C=O) groups is 3. The quantitative estimate of drug-likeness (QED) is 0.668. The van der Waals surface area contributed by atoms with Crippen LogP contribution in [0.3, 0.4) is 0 Å². The number of benzene rings is 1. The summed E-state index contributed by atoms with van der Waals surface area (Å²) in [6.07, 6.45) is 0.798. The molecule has 32 heavy (non-hydrogen) atoms.